The molecule has 1 rings (SSSR count). The van der Waals surface area contributed by atoms with E-state index in [4.69, 9.17) is 16.7 Å². The van der Waals surface area contributed by atoms with Crippen molar-refractivity contribution in [3.63, 3.8) is 0 Å². The van der Waals surface area contributed by atoms with E-state index in [-0.39, 0.29) is 18.2 Å². The van der Waals surface area contributed by atoms with Gasteiger partial charge < -0.3 is 10.4 Å². The van der Waals surface area contributed by atoms with Gasteiger partial charge >= 0.3 is 5.97 Å². The third kappa shape index (κ3) is 5.01. The van der Waals surface area contributed by atoms with Crippen LogP contribution in [0.25, 0.3) is 0 Å². The summed E-state index contributed by atoms with van der Waals surface area (Å²) in [5.74, 6) is -0.843. The van der Waals surface area contributed by atoms with Gasteiger partial charge in [-0.3, -0.25) is 9.59 Å². The number of carbonyl (C=O) groups is 2. The summed E-state index contributed by atoms with van der Waals surface area (Å²) in [5, 5.41) is 12.2. The predicted molar refractivity (Wildman–Crippen MR) is 74.9 cm³/mol. The average molecular weight is 284 g/mol. The first-order valence-electron chi connectivity index (χ1n) is 6.17. The van der Waals surface area contributed by atoms with Crippen molar-refractivity contribution in [3.8, 4) is 0 Å². The molecule has 19 heavy (non-hydrogen) atoms. The molecule has 0 aliphatic carbocycles. The van der Waals surface area contributed by atoms with Gasteiger partial charge in [0.05, 0.1) is 6.04 Å². The van der Waals surface area contributed by atoms with Gasteiger partial charge in [0.15, 0.2) is 5.78 Å². The summed E-state index contributed by atoms with van der Waals surface area (Å²) in [6.07, 6.45) is 0.612. The largest absolute Gasteiger partial charge is 0.481 e. The normalized spacial score (nSPS) is 12.2. The molecule has 0 spiro atoms. The van der Waals surface area contributed by atoms with Crippen LogP contribution >= 0.6 is 11.6 Å². The van der Waals surface area contributed by atoms with Gasteiger partial charge in [-0.15, -0.1) is 0 Å². The highest BCUT2D eigenvalue weighted by Gasteiger charge is 2.15. The molecule has 0 bridgehead atoms. The lowest BCUT2D eigenvalue weighted by Gasteiger charge is -2.13. The number of carboxylic acids is 1. The minimum absolute atomic E-state index is 0.0184. The third-order valence-corrected chi connectivity index (χ3v) is 3.28. The van der Waals surface area contributed by atoms with Crippen LogP contribution in [0.15, 0.2) is 18.2 Å². The predicted octanol–water partition coefficient (Wildman–Crippen LogP) is 2.67. The van der Waals surface area contributed by atoms with E-state index in [1.165, 1.54) is 0 Å². The van der Waals surface area contributed by atoms with Crippen molar-refractivity contribution in [2.75, 3.05) is 6.54 Å². The summed E-state index contributed by atoms with van der Waals surface area (Å²) >= 11 is 5.91. The maximum atomic E-state index is 12.1. The van der Waals surface area contributed by atoms with Gasteiger partial charge in [-0.1, -0.05) is 11.6 Å². The highest BCUT2D eigenvalue weighted by molar-refractivity contribution is 6.31. The van der Waals surface area contributed by atoms with Crippen LogP contribution in [-0.2, 0) is 4.79 Å². The number of ketones is 1. The molecule has 104 valence electrons. The van der Waals surface area contributed by atoms with E-state index in [0.29, 0.717) is 23.6 Å². The molecule has 0 aromatic heterocycles. The average Bonchev–Trinajstić information content (AvgIpc) is 2.36. The lowest BCUT2D eigenvalue weighted by Crippen LogP contribution is -2.34. The lowest BCUT2D eigenvalue weighted by molar-refractivity contribution is -0.137. The highest BCUT2D eigenvalue weighted by Crippen LogP contribution is 2.17. The molecule has 0 aliphatic heterocycles. The second-order valence-corrected chi connectivity index (χ2v) is 4.91. The molecular formula is C14H18ClNO3. The van der Waals surface area contributed by atoms with E-state index in [1.807, 2.05) is 6.92 Å². The van der Waals surface area contributed by atoms with Crippen molar-refractivity contribution in [3.05, 3.63) is 34.3 Å². The van der Waals surface area contributed by atoms with Crippen molar-refractivity contribution in [1.82, 2.24) is 5.32 Å². The van der Waals surface area contributed by atoms with Gasteiger partial charge in [-0.25, -0.2) is 0 Å². The first-order chi connectivity index (χ1) is 8.91. The Hall–Kier alpha value is -1.39. The summed E-state index contributed by atoms with van der Waals surface area (Å²) in [6.45, 7) is 4.13. The molecule has 0 aliphatic rings. The van der Waals surface area contributed by atoms with E-state index in [2.05, 4.69) is 5.32 Å². The zero-order valence-corrected chi connectivity index (χ0v) is 11.8. The minimum Gasteiger partial charge on any atom is -0.481 e. The molecule has 1 aromatic carbocycles. The van der Waals surface area contributed by atoms with Crippen molar-refractivity contribution >= 4 is 23.4 Å². The summed E-state index contributed by atoms with van der Waals surface area (Å²) in [6, 6.07) is 4.84. The van der Waals surface area contributed by atoms with Crippen molar-refractivity contribution in [2.24, 2.45) is 0 Å². The van der Waals surface area contributed by atoms with E-state index >= 15 is 0 Å². The van der Waals surface area contributed by atoms with Crippen molar-refractivity contribution in [1.29, 1.82) is 0 Å². The Labute approximate surface area is 117 Å². The number of aryl methyl sites for hydroxylation is 1. The molecule has 0 heterocycles. The molecule has 0 saturated heterocycles. The number of carboxylic acid groups (broad SMARTS) is 1. The van der Waals surface area contributed by atoms with Crippen LogP contribution in [-0.4, -0.2) is 29.4 Å². The molecule has 5 heteroatoms. The molecule has 1 unspecified atom stereocenters. The van der Waals surface area contributed by atoms with Crippen molar-refractivity contribution in [2.45, 2.75) is 32.7 Å². The lowest BCUT2D eigenvalue weighted by atomic mass is 10.0. The molecule has 1 aromatic rings. The molecule has 0 saturated carbocycles. The Balaban J connectivity index is 2.52. The third-order valence-electron chi connectivity index (χ3n) is 2.85. The Bertz CT molecular complexity index is 474. The Kier molecular flexibility index (Phi) is 5.99. The van der Waals surface area contributed by atoms with Crippen LogP contribution in [0.2, 0.25) is 5.02 Å². The number of halogens is 1. The number of Topliss-reactive ketones (excluding diaryl/α,β-unsaturated/α-hetero) is 1. The molecular weight excluding hydrogens is 266 g/mol. The zero-order chi connectivity index (χ0) is 14.4. The van der Waals surface area contributed by atoms with Gasteiger partial charge in [0.1, 0.15) is 0 Å². The van der Waals surface area contributed by atoms with Crippen LogP contribution in [0.1, 0.15) is 35.7 Å². The number of hydrogen-bond acceptors (Lipinski definition) is 3. The van der Waals surface area contributed by atoms with Crippen LogP contribution in [0.4, 0.5) is 0 Å². The van der Waals surface area contributed by atoms with Crippen molar-refractivity contribution < 1.29 is 14.7 Å². The second-order valence-electron chi connectivity index (χ2n) is 4.50. The van der Waals surface area contributed by atoms with Crippen LogP contribution < -0.4 is 5.32 Å². The number of benzene rings is 1. The molecule has 4 nitrogen and oxygen atoms in total. The number of rotatable bonds is 7. The van der Waals surface area contributed by atoms with Crippen LogP contribution in [0, 0.1) is 6.92 Å². The first kappa shape index (κ1) is 15.7. The Morgan fingerprint density at radius 2 is 2.11 bits per heavy atom. The van der Waals surface area contributed by atoms with E-state index < -0.39 is 5.97 Å². The maximum absolute atomic E-state index is 12.1. The van der Waals surface area contributed by atoms with E-state index in [1.54, 1.807) is 25.1 Å². The Morgan fingerprint density at radius 3 is 2.68 bits per heavy atom. The highest BCUT2D eigenvalue weighted by atomic mass is 35.5. The quantitative estimate of drug-likeness (QED) is 0.596. The van der Waals surface area contributed by atoms with Crippen LogP contribution in [0.5, 0.6) is 0 Å². The Morgan fingerprint density at radius 1 is 1.42 bits per heavy atom. The fraction of sp³-hybridized carbons (Fsp3) is 0.429. The molecule has 0 amide bonds. The number of carbonyl (C=O) groups excluding carboxylic acids is 1. The van der Waals surface area contributed by atoms with Gasteiger partial charge in [-0.2, -0.15) is 0 Å². The van der Waals surface area contributed by atoms with Gasteiger partial charge in [-0.05, 0) is 50.6 Å². The fourth-order valence-electron chi connectivity index (χ4n) is 1.70. The van der Waals surface area contributed by atoms with E-state index in [9.17, 15) is 9.59 Å². The maximum Gasteiger partial charge on any atom is 0.303 e. The van der Waals surface area contributed by atoms with E-state index in [0.717, 1.165) is 5.56 Å². The minimum atomic E-state index is -0.825. The second kappa shape index (κ2) is 7.26. The monoisotopic (exact) mass is 283 g/mol. The first-order valence-corrected chi connectivity index (χ1v) is 6.55. The smallest absolute Gasteiger partial charge is 0.303 e. The van der Waals surface area contributed by atoms with Crippen LogP contribution in [0.3, 0.4) is 0 Å². The summed E-state index contributed by atoms with van der Waals surface area (Å²) < 4.78 is 0. The fourth-order valence-corrected chi connectivity index (χ4v) is 1.82. The van der Waals surface area contributed by atoms with Gasteiger partial charge in [0.25, 0.3) is 0 Å². The van der Waals surface area contributed by atoms with Gasteiger partial charge in [0.2, 0.25) is 0 Å². The standard InChI is InChI=1S/C14H18ClNO3/c1-9-8-11(5-6-12(9)15)14(19)10(2)16-7-3-4-13(17)18/h5-6,8,10,16H,3-4,7H2,1-2H3,(H,17,18). The number of aliphatic carboxylic acids is 1. The zero-order valence-electron chi connectivity index (χ0n) is 11.1. The summed E-state index contributed by atoms with van der Waals surface area (Å²) in [5.41, 5.74) is 1.48. The summed E-state index contributed by atoms with van der Waals surface area (Å²) in [7, 11) is 0. The molecule has 1 atom stereocenters. The SMILES string of the molecule is Cc1cc(C(=O)C(C)NCCCC(=O)O)ccc1Cl. The molecule has 2 N–H and O–H groups in total. The summed E-state index contributed by atoms with van der Waals surface area (Å²) in [4.78, 5) is 22.5. The topological polar surface area (TPSA) is 66.4 Å². The molecule has 0 fully saturated rings. The van der Waals surface area contributed by atoms with Gasteiger partial charge in [0, 0.05) is 17.0 Å². The number of nitrogens with one attached hydrogen (secondary N) is 1. The molecule has 0 radical (unpaired) electrons. The number of hydrogen-bond donors (Lipinski definition) is 2.